The standard InChI is InChI=1S/C7H12N2O4/c1-7(2,8-6(10)11)4-3-5-9(12)13/h3,5,8H,4H2,1-2H3,(H,10,11). The molecule has 0 radical (unpaired) electrons. The van der Waals surface area contributed by atoms with E-state index in [-0.39, 0.29) is 6.42 Å². The molecule has 0 aromatic rings. The smallest absolute Gasteiger partial charge is 0.405 e. The number of carbonyl (C=O) groups is 1. The van der Waals surface area contributed by atoms with Crippen LogP contribution in [0.15, 0.2) is 12.3 Å². The lowest BCUT2D eigenvalue weighted by Crippen LogP contribution is -2.42. The SMILES string of the molecule is CC(C)(CC=C[N+](=O)[O-])NC(=O)O. The van der Waals surface area contributed by atoms with E-state index in [9.17, 15) is 14.9 Å². The van der Waals surface area contributed by atoms with Crippen LogP contribution in [0, 0.1) is 10.1 Å². The molecule has 0 rings (SSSR count). The van der Waals surface area contributed by atoms with Gasteiger partial charge in [-0.25, -0.2) is 4.79 Å². The molecule has 74 valence electrons. The highest BCUT2D eigenvalue weighted by atomic mass is 16.6. The van der Waals surface area contributed by atoms with Crippen LogP contribution in [0.4, 0.5) is 4.79 Å². The molecule has 2 N–H and O–H groups in total. The summed E-state index contributed by atoms with van der Waals surface area (Å²) in [7, 11) is 0. The van der Waals surface area contributed by atoms with Crippen LogP contribution in [0.25, 0.3) is 0 Å². The second kappa shape index (κ2) is 4.44. The third kappa shape index (κ3) is 6.79. The highest BCUT2D eigenvalue weighted by molar-refractivity contribution is 5.65. The minimum absolute atomic E-state index is 0.278. The van der Waals surface area contributed by atoms with E-state index in [1.54, 1.807) is 13.8 Å². The van der Waals surface area contributed by atoms with E-state index in [2.05, 4.69) is 5.32 Å². The first kappa shape index (κ1) is 11.4. The topological polar surface area (TPSA) is 92.5 Å². The van der Waals surface area contributed by atoms with Gasteiger partial charge in [-0.1, -0.05) is 0 Å². The average molecular weight is 188 g/mol. The van der Waals surface area contributed by atoms with Crippen LogP contribution >= 0.6 is 0 Å². The Balaban J connectivity index is 4.02. The van der Waals surface area contributed by atoms with Crippen LogP contribution in [-0.2, 0) is 0 Å². The van der Waals surface area contributed by atoms with E-state index in [4.69, 9.17) is 5.11 Å². The summed E-state index contributed by atoms with van der Waals surface area (Å²) < 4.78 is 0. The zero-order valence-corrected chi connectivity index (χ0v) is 7.48. The maximum absolute atomic E-state index is 10.2. The molecule has 6 nitrogen and oxygen atoms in total. The number of carboxylic acid groups (broad SMARTS) is 1. The van der Waals surface area contributed by atoms with Crippen molar-refractivity contribution in [2.45, 2.75) is 25.8 Å². The molecule has 0 heterocycles. The molecule has 0 spiro atoms. The molecule has 1 amide bonds. The van der Waals surface area contributed by atoms with E-state index in [1.165, 1.54) is 6.08 Å². The zero-order valence-electron chi connectivity index (χ0n) is 7.48. The number of amides is 1. The maximum atomic E-state index is 10.2. The molecule has 0 saturated heterocycles. The summed E-state index contributed by atoms with van der Waals surface area (Å²) >= 11 is 0. The van der Waals surface area contributed by atoms with Crippen molar-refractivity contribution < 1.29 is 14.8 Å². The molecule has 0 unspecified atom stereocenters. The van der Waals surface area contributed by atoms with Crippen molar-refractivity contribution >= 4 is 6.09 Å². The molecule has 0 saturated carbocycles. The van der Waals surface area contributed by atoms with Gasteiger partial charge in [-0.3, -0.25) is 10.1 Å². The van der Waals surface area contributed by atoms with Crippen LogP contribution in [0.3, 0.4) is 0 Å². The minimum atomic E-state index is -1.14. The molecule has 0 aliphatic rings. The lowest BCUT2D eigenvalue weighted by Gasteiger charge is -2.21. The van der Waals surface area contributed by atoms with Crippen molar-refractivity contribution in [1.29, 1.82) is 0 Å². The van der Waals surface area contributed by atoms with Crippen LogP contribution < -0.4 is 5.32 Å². The van der Waals surface area contributed by atoms with E-state index in [1.807, 2.05) is 0 Å². The van der Waals surface area contributed by atoms with Crippen molar-refractivity contribution in [1.82, 2.24) is 5.32 Å². The number of rotatable bonds is 4. The zero-order chi connectivity index (χ0) is 10.5. The number of nitrogens with zero attached hydrogens (tertiary/aromatic N) is 1. The third-order valence-electron chi connectivity index (χ3n) is 1.30. The normalized spacial score (nSPS) is 11.5. The summed E-state index contributed by atoms with van der Waals surface area (Å²) in [4.78, 5) is 19.5. The largest absolute Gasteiger partial charge is 0.465 e. The van der Waals surface area contributed by atoms with Gasteiger partial charge in [0.2, 0.25) is 6.20 Å². The first-order valence-electron chi connectivity index (χ1n) is 3.65. The van der Waals surface area contributed by atoms with Gasteiger partial charge in [0.05, 0.1) is 4.92 Å². The number of hydrogen-bond donors (Lipinski definition) is 2. The van der Waals surface area contributed by atoms with Crippen LogP contribution in [0.2, 0.25) is 0 Å². The Morgan fingerprint density at radius 3 is 2.62 bits per heavy atom. The summed E-state index contributed by atoms with van der Waals surface area (Å²) in [5, 5.41) is 20.5. The molecule has 0 fully saturated rings. The molecule has 0 atom stereocenters. The third-order valence-corrected chi connectivity index (χ3v) is 1.30. The molecule has 0 aliphatic heterocycles. The summed E-state index contributed by atoms with van der Waals surface area (Å²) in [5.74, 6) is 0. The van der Waals surface area contributed by atoms with Gasteiger partial charge in [-0.05, 0) is 26.3 Å². The van der Waals surface area contributed by atoms with Crippen LogP contribution in [0.1, 0.15) is 20.3 Å². The molecule has 0 aromatic carbocycles. The Labute approximate surface area is 75.4 Å². The fourth-order valence-electron chi connectivity index (χ4n) is 0.774. The first-order valence-corrected chi connectivity index (χ1v) is 3.65. The molecule has 13 heavy (non-hydrogen) atoms. The molecule has 0 bridgehead atoms. The lowest BCUT2D eigenvalue weighted by molar-refractivity contribution is -0.402. The fourth-order valence-corrected chi connectivity index (χ4v) is 0.774. The van der Waals surface area contributed by atoms with Gasteiger partial charge >= 0.3 is 6.09 Å². The molecule has 0 aliphatic carbocycles. The highest BCUT2D eigenvalue weighted by Gasteiger charge is 2.18. The second-order valence-electron chi connectivity index (χ2n) is 3.19. The molecular weight excluding hydrogens is 176 g/mol. The summed E-state index contributed by atoms with van der Waals surface area (Å²) in [6.07, 6.45) is 1.25. The lowest BCUT2D eigenvalue weighted by atomic mass is 10.0. The van der Waals surface area contributed by atoms with Crippen molar-refractivity contribution in [3.05, 3.63) is 22.4 Å². The number of nitrogens with one attached hydrogen (secondary N) is 1. The fraction of sp³-hybridized carbons (Fsp3) is 0.571. The van der Waals surface area contributed by atoms with E-state index in [0.29, 0.717) is 0 Å². The minimum Gasteiger partial charge on any atom is -0.465 e. The predicted octanol–water partition coefficient (Wildman–Crippen LogP) is 1.21. The summed E-state index contributed by atoms with van der Waals surface area (Å²) in [6.45, 7) is 3.29. The summed E-state index contributed by atoms with van der Waals surface area (Å²) in [6, 6.07) is 0. The van der Waals surface area contributed by atoms with Gasteiger partial charge in [0, 0.05) is 5.54 Å². The van der Waals surface area contributed by atoms with E-state index in [0.717, 1.165) is 6.20 Å². The van der Waals surface area contributed by atoms with Gasteiger partial charge in [-0.15, -0.1) is 0 Å². The monoisotopic (exact) mass is 188 g/mol. The Kier molecular flexibility index (Phi) is 3.90. The van der Waals surface area contributed by atoms with E-state index >= 15 is 0 Å². The van der Waals surface area contributed by atoms with Gasteiger partial charge in [0.15, 0.2) is 0 Å². The van der Waals surface area contributed by atoms with Gasteiger partial charge < -0.3 is 10.4 Å². The van der Waals surface area contributed by atoms with Crippen molar-refractivity contribution in [2.24, 2.45) is 0 Å². The van der Waals surface area contributed by atoms with Gasteiger partial charge in [0.25, 0.3) is 0 Å². The number of nitro groups is 1. The second-order valence-corrected chi connectivity index (χ2v) is 3.19. The van der Waals surface area contributed by atoms with Crippen molar-refractivity contribution in [2.75, 3.05) is 0 Å². The van der Waals surface area contributed by atoms with Gasteiger partial charge in [-0.2, -0.15) is 0 Å². The van der Waals surface area contributed by atoms with Crippen molar-refractivity contribution in [3.63, 3.8) is 0 Å². The predicted molar refractivity (Wildman–Crippen MR) is 46.0 cm³/mol. The van der Waals surface area contributed by atoms with Crippen molar-refractivity contribution in [3.8, 4) is 0 Å². The van der Waals surface area contributed by atoms with Crippen LogP contribution in [0.5, 0.6) is 0 Å². The molecule has 0 aromatic heterocycles. The van der Waals surface area contributed by atoms with Gasteiger partial charge in [0.1, 0.15) is 0 Å². The van der Waals surface area contributed by atoms with E-state index < -0.39 is 16.6 Å². The van der Waals surface area contributed by atoms with Crippen LogP contribution in [-0.4, -0.2) is 21.7 Å². The highest BCUT2D eigenvalue weighted by Crippen LogP contribution is 2.08. The Hall–Kier alpha value is -1.59. The maximum Gasteiger partial charge on any atom is 0.405 e. The quantitative estimate of drug-likeness (QED) is 0.512. The Bertz CT molecular complexity index is 235. The molecular formula is C7H12N2O4. The molecule has 6 heteroatoms. The summed E-state index contributed by atoms with van der Waals surface area (Å²) in [5.41, 5.74) is -0.682. The first-order chi connectivity index (χ1) is 5.83. The Morgan fingerprint density at radius 1 is 1.69 bits per heavy atom. The number of hydrogen-bond acceptors (Lipinski definition) is 3. The average Bonchev–Trinajstić information content (AvgIpc) is 1.81. The Morgan fingerprint density at radius 2 is 2.23 bits per heavy atom.